The summed E-state index contributed by atoms with van der Waals surface area (Å²) in [4.78, 5) is 28.5. The van der Waals surface area contributed by atoms with Crippen molar-refractivity contribution in [1.29, 1.82) is 0 Å². The summed E-state index contributed by atoms with van der Waals surface area (Å²) in [5, 5.41) is 0. The molecule has 4 nitrogen and oxygen atoms in total. The van der Waals surface area contributed by atoms with Gasteiger partial charge in [-0.1, -0.05) is 13.8 Å². The van der Waals surface area contributed by atoms with Gasteiger partial charge in [-0.15, -0.1) is 0 Å². The van der Waals surface area contributed by atoms with E-state index in [2.05, 4.69) is 6.92 Å². The van der Waals surface area contributed by atoms with E-state index in [-0.39, 0.29) is 17.9 Å². The zero-order valence-corrected chi connectivity index (χ0v) is 12.2. The van der Waals surface area contributed by atoms with Gasteiger partial charge in [0.25, 0.3) is 0 Å². The lowest BCUT2D eigenvalue weighted by molar-refractivity contribution is -0.148. The van der Waals surface area contributed by atoms with Crippen molar-refractivity contribution in [3.63, 3.8) is 0 Å². The third-order valence-corrected chi connectivity index (χ3v) is 4.38. The van der Waals surface area contributed by atoms with Crippen LogP contribution in [0, 0.1) is 5.92 Å². The molecule has 2 aliphatic heterocycles. The first-order chi connectivity index (χ1) is 9.13. The van der Waals surface area contributed by atoms with E-state index in [9.17, 15) is 9.59 Å². The van der Waals surface area contributed by atoms with E-state index in [1.54, 1.807) is 0 Å². The van der Waals surface area contributed by atoms with Crippen LogP contribution in [0.3, 0.4) is 0 Å². The summed E-state index contributed by atoms with van der Waals surface area (Å²) in [6.07, 6.45) is 5.75. The Morgan fingerprint density at radius 1 is 1.11 bits per heavy atom. The van der Waals surface area contributed by atoms with Crippen molar-refractivity contribution < 1.29 is 9.59 Å². The molecule has 2 atom stereocenters. The molecule has 2 unspecified atom stereocenters. The van der Waals surface area contributed by atoms with E-state index in [0.29, 0.717) is 12.3 Å². The minimum absolute atomic E-state index is 0.128. The van der Waals surface area contributed by atoms with Crippen LogP contribution in [0.15, 0.2) is 0 Å². The monoisotopic (exact) mass is 266 g/mol. The molecule has 2 heterocycles. The van der Waals surface area contributed by atoms with Crippen LogP contribution in [0.2, 0.25) is 0 Å². The highest BCUT2D eigenvalue weighted by Gasteiger charge is 2.35. The van der Waals surface area contributed by atoms with Crippen molar-refractivity contribution in [3.05, 3.63) is 0 Å². The highest BCUT2D eigenvalue weighted by atomic mass is 16.2. The van der Waals surface area contributed by atoms with Gasteiger partial charge in [0.1, 0.15) is 6.04 Å². The third-order valence-electron chi connectivity index (χ3n) is 4.38. The van der Waals surface area contributed by atoms with Gasteiger partial charge in [-0.25, -0.2) is 0 Å². The summed E-state index contributed by atoms with van der Waals surface area (Å²) in [7, 11) is 0. The highest BCUT2D eigenvalue weighted by Crippen LogP contribution is 2.23. The van der Waals surface area contributed by atoms with Crippen LogP contribution in [0.25, 0.3) is 0 Å². The lowest BCUT2D eigenvalue weighted by Gasteiger charge is -2.40. The standard InChI is InChI=1S/C15H26N2O2/c1-3-14(18)17-10-5-4-8-13(17)15(19)16-9-6-7-12(2)11-16/h12-13H,3-11H2,1-2H3. The Hall–Kier alpha value is -1.06. The number of piperidine rings is 2. The number of likely N-dealkylation sites (tertiary alicyclic amines) is 2. The number of hydrogen-bond donors (Lipinski definition) is 0. The van der Waals surface area contributed by atoms with Gasteiger partial charge in [0.15, 0.2) is 0 Å². The van der Waals surface area contributed by atoms with E-state index >= 15 is 0 Å². The van der Waals surface area contributed by atoms with Crippen LogP contribution in [-0.4, -0.2) is 47.3 Å². The highest BCUT2D eigenvalue weighted by molar-refractivity contribution is 5.87. The van der Waals surface area contributed by atoms with Crippen molar-refractivity contribution in [1.82, 2.24) is 9.80 Å². The van der Waals surface area contributed by atoms with Crippen LogP contribution in [-0.2, 0) is 9.59 Å². The molecule has 2 aliphatic rings. The molecule has 0 saturated carbocycles. The molecule has 2 amide bonds. The fourth-order valence-electron chi connectivity index (χ4n) is 3.29. The molecule has 0 aliphatic carbocycles. The molecular weight excluding hydrogens is 240 g/mol. The number of nitrogens with zero attached hydrogens (tertiary/aromatic N) is 2. The van der Waals surface area contributed by atoms with Gasteiger partial charge in [-0.2, -0.15) is 0 Å². The predicted molar refractivity (Wildman–Crippen MR) is 74.6 cm³/mol. The molecule has 0 aromatic carbocycles. The van der Waals surface area contributed by atoms with Crippen LogP contribution in [0.4, 0.5) is 0 Å². The maximum absolute atomic E-state index is 12.7. The van der Waals surface area contributed by atoms with Gasteiger partial charge >= 0.3 is 0 Å². The third kappa shape index (κ3) is 3.28. The van der Waals surface area contributed by atoms with Crippen molar-refractivity contribution in [2.45, 2.75) is 58.4 Å². The van der Waals surface area contributed by atoms with Crippen LogP contribution < -0.4 is 0 Å². The van der Waals surface area contributed by atoms with Gasteiger partial charge in [-0.3, -0.25) is 9.59 Å². The normalized spacial score (nSPS) is 28.3. The molecule has 19 heavy (non-hydrogen) atoms. The minimum Gasteiger partial charge on any atom is -0.341 e. The fraction of sp³-hybridized carbons (Fsp3) is 0.867. The number of hydrogen-bond acceptors (Lipinski definition) is 2. The summed E-state index contributed by atoms with van der Waals surface area (Å²) in [6.45, 7) is 6.57. The summed E-state index contributed by atoms with van der Waals surface area (Å²) >= 11 is 0. The second-order valence-corrected chi connectivity index (χ2v) is 5.98. The zero-order valence-electron chi connectivity index (χ0n) is 12.2. The Bertz CT molecular complexity index is 343. The second kappa shape index (κ2) is 6.40. The second-order valence-electron chi connectivity index (χ2n) is 5.98. The number of carbonyl (C=O) groups is 2. The van der Waals surface area contributed by atoms with Crippen LogP contribution >= 0.6 is 0 Å². The fourth-order valence-corrected chi connectivity index (χ4v) is 3.29. The number of rotatable bonds is 2. The van der Waals surface area contributed by atoms with Crippen molar-refractivity contribution in [2.24, 2.45) is 5.92 Å². The maximum Gasteiger partial charge on any atom is 0.245 e. The van der Waals surface area contributed by atoms with Gasteiger partial charge in [0, 0.05) is 26.1 Å². The maximum atomic E-state index is 12.7. The molecule has 0 aromatic heterocycles. The zero-order chi connectivity index (χ0) is 13.8. The number of amides is 2. The van der Waals surface area contributed by atoms with Crippen molar-refractivity contribution >= 4 is 11.8 Å². The number of carbonyl (C=O) groups excluding carboxylic acids is 2. The largest absolute Gasteiger partial charge is 0.341 e. The predicted octanol–water partition coefficient (Wildman–Crippen LogP) is 2.04. The first kappa shape index (κ1) is 14.4. The molecule has 2 saturated heterocycles. The Balaban J connectivity index is 2.04. The molecule has 0 radical (unpaired) electrons. The smallest absolute Gasteiger partial charge is 0.245 e. The summed E-state index contributed by atoms with van der Waals surface area (Å²) in [5.74, 6) is 0.910. The van der Waals surface area contributed by atoms with E-state index < -0.39 is 0 Å². The molecule has 2 fully saturated rings. The van der Waals surface area contributed by atoms with Gasteiger partial charge in [-0.05, 0) is 38.0 Å². The Labute approximate surface area is 116 Å². The van der Waals surface area contributed by atoms with Gasteiger partial charge < -0.3 is 9.80 Å². The van der Waals surface area contributed by atoms with Crippen molar-refractivity contribution in [3.8, 4) is 0 Å². The van der Waals surface area contributed by atoms with Crippen LogP contribution in [0.1, 0.15) is 52.4 Å². The Kier molecular flexibility index (Phi) is 4.83. The lowest BCUT2D eigenvalue weighted by Crippen LogP contribution is -2.54. The van der Waals surface area contributed by atoms with E-state index in [0.717, 1.165) is 45.3 Å². The molecule has 4 heteroatoms. The van der Waals surface area contributed by atoms with Gasteiger partial charge in [0.05, 0.1) is 0 Å². The Morgan fingerprint density at radius 2 is 1.89 bits per heavy atom. The Morgan fingerprint density at radius 3 is 2.58 bits per heavy atom. The first-order valence-electron chi connectivity index (χ1n) is 7.71. The first-order valence-corrected chi connectivity index (χ1v) is 7.71. The summed E-state index contributed by atoms with van der Waals surface area (Å²) in [5.41, 5.74) is 0. The molecular formula is C15H26N2O2. The van der Waals surface area contributed by atoms with Crippen LogP contribution in [0.5, 0.6) is 0 Å². The average Bonchev–Trinajstić information content (AvgIpc) is 2.45. The quantitative estimate of drug-likeness (QED) is 0.767. The molecule has 0 spiro atoms. The molecule has 0 aromatic rings. The SMILES string of the molecule is CCC(=O)N1CCCCC1C(=O)N1CCCC(C)C1. The average molecular weight is 266 g/mol. The summed E-state index contributed by atoms with van der Waals surface area (Å²) in [6, 6.07) is -0.188. The molecule has 2 rings (SSSR count). The van der Waals surface area contributed by atoms with E-state index in [4.69, 9.17) is 0 Å². The van der Waals surface area contributed by atoms with E-state index in [1.165, 1.54) is 6.42 Å². The van der Waals surface area contributed by atoms with Gasteiger partial charge in [0.2, 0.25) is 11.8 Å². The molecule has 0 N–H and O–H groups in total. The molecule has 0 bridgehead atoms. The van der Waals surface area contributed by atoms with E-state index in [1.807, 2.05) is 16.7 Å². The lowest BCUT2D eigenvalue weighted by atomic mass is 9.96. The topological polar surface area (TPSA) is 40.6 Å². The van der Waals surface area contributed by atoms with Crippen molar-refractivity contribution in [2.75, 3.05) is 19.6 Å². The summed E-state index contributed by atoms with van der Waals surface area (Å²) < 4.78 is 0. The molecule has 108 valence electrons. The minimum atomic E-state index is -0.188.